The van der Waals surface area contributed by atoms with Gasteiger partial charge in [0.2, 0.25) is 0 Å². The van der Waals surface area contributed by atoms with Gasteiger partial charge in [-0.25, -0.2) is 0 Å². The highest BCUT2D eigenvalue weighted by atomic mass is 16.3. The summed E-state index contributed by atoms with van der Waals surface area (Å²) in [6.45, 7) is 9.61. The Balaban J connectivity index is 2.69. The molecular weight excluding hydrogens is 210 g/mol. The fourth-order valence-corrected chi connectivity index (χ4v) is 1.84. The first kappa shape index (κ1) is 14.2. The third kappa shape index (κ3) is 4.49. The molecule has 1 atom stereocenters. The van der Waals surface area contributed by atoms with E-state index < -0.39 is 0 Å². The maximum Gasteiger partial charge on any atom is 0.0494 e. The maximum absolute atomic E-state index is 9.28. The summed E-state index contributed by atoms with van der Waals surface area (Å²) in [5.41, 5.74) is 1.25. The molecule has 17 heavy (non-hydrogen) atoms. The summed E-state index contributed by atoms with van der Waals surface area (Å²) in [6.07, 6.45) is 0. The summed E-state index contributed by atoms with van der Waals surface area (Å²) in [6, 6.07) is 10.8. The maximum atomic E-state index is 9.28. The topological polar surface area (TPSA) is 32.3 Å². The Morgan fingerprint density at radius 3 is 2.24 bits per heavy atom. The van der Waals surface area contributed by atoms with E-state index in [4.69, 9.17) is 0 Å². The predicted molar refractivity (Wildman–Crippen MR) is 72.9 cm³/mol. The van der Waals surface area contributed by atoms with E-state index in [1.54, 1.807) is 0 Å². The van der Waals surface area contributed by atoms with E-state index in [1.807, 2.05) is 6.07 Å². The van der Waals surface area contributed by atoms with E-state index in [1.165, 1.54) is 5.56 Å². The summed E-state index contributed by atoms with van der Waals surface area (Å²) in [5.74, 6) is 0.534. The molecule has 0 bridgehead atoms. The minimum absolute atomic E-state index is 0.0675. The lowest BCUT2D eigenvalue weighted by Crippen LogP contribution is -2.36. The Labute approximate surface area is 105 Å². The Hall–Kier alpha value is -0.860. The molecule has 96 valence electrons. The van der Waals surface area contributed by atoms with E-state index in [9.17, 15) is 5.11 Å². The van der Waals surface area contributed by atoms with Gasteiger partial charge in [0.25, 0.3) is 0 Å². The fraction of sp³-hybridized carbons (Fsp3) is 0.600. The summed E-state index contributed by atoms with van der Waals surface area (Å²) < 4.78 is 0. The van der Waals surface area contributed by atoms with Crippen molar-refractivity contribution in [3.8, 4) is 0 Å². The highest BCUT2D eigenvalue weighted by Gasteiger charge is 2.21. The first-order valence-corrected chi connectivity index (χ1v) is 6.35. The van der Waals surface area contributed by atoms with Crippen LogP contribution in [-0.2, 0) is 0 Å². The van der Waals surface area contributed by atoms with Crippen molar-refractivity contribution in [3.63, 3.8) is 0 Å². The van der Waals surface area contributed by atoms with Gasteiger partial charge in [0, 0.05) is 24.6 Å². The largest absolute Gasteiger partial charge is 0.396 e. The van der Waals surface area contributed by atoms with E-state index in [0.717, 1.165) is 6.54 Å². The highest BCUT2D eigenvalue weighted by molar-refractivity contribution is 5.19. The number of benzene rings is 1. The van der Waals surface area contributed by atoms with Crippen LogP contribution in [-0.4, -0.2) is 18.3 Å². The molecule has 0 saturated heterocycles. The molecule has 0 aliphatic carbocycles. The standard InChI is InChI=1S/C15H25NO/c1-12(2)14(13-8-6-5-7-9-13)16-10-15(3,4)11-17/h5-9,12,14,16-17H,10-11H2,1-4H3. The van der Waals surface area contributed by atoms with Gasteiger partial charge in [-0.2, -0.15) is 0 Å². The lowest BCUT2D eigenvalue weighted by molar-refractivity contribution is 0.150. The van der Waals surface area contributed by atoms with Gasteiger partial charge in [-0.15, -0.1) is 0 Å². The van der Waals surface area contributed by atoms with Crippen LogP contribution in [0.4, 0.5) is 0 Å². The molecule has 0 amide bonds. The van der Waals surface area contributed by atoms with Crippen molar-refractivity contribution in [2.75, 3.05) is 13.2 Å². The van der Waals surface area contributed by atoms with Crippen LogP contribution in [0.2, 0.25) is 0 Å². The predicted octanol–water partition coefficient (Wildman–Crippen LogP) is 2.99. The molecule has 2 nitrogen and oxygen atoms in total. The van der Waals surface area contributed by atoms with Crippen molar-refractivity contribution in [2.24, 2.45) is 11.3 Å². The van der Waals surface area contributed by atoms with Crippen LogP contribution in [0.15, 0.2) is 30.3 Å². The van der Waals surface area contributed by atoms with Crippen LogP contribution in [0.25, 0.3) is 0 Å². The average molecular weight is 235 g/mol. The summed E-state index contributed by atoms with van der Waals surface area (Å²) in [7, 11) is 0. The number of nitrogens with one attached hydrogen (secondary N) is 1. The monoisotopic (exact) mass is 235 g/mol. The third-order valence-corrected chi connectivity index (χ3v) is 3.05. The second-order valence-electron chi connectivity index (χ2n) is 5.84. The number of aliphatic hydroxyl groups excluding tert-OH is 1. The zero-order valence-electron chi connectivity index (χ0n) is 11.4. The summed E-state index contributed by atoms with van der Waals surface area (Å²) >= 11 is 0. The number of hydrogen-bond donors (Lipinski definition) is 2. The molecule has 0 fully saturated rings. The van der Waals surface area contributed by atoms with Gasteiger partial charge in [-0.05, 0) is 11.5 Å². The molecule has 0 aromatic heterocycles. The number of rotatable bonds is 6. The van der Waals surface area contributed by atoms with Crippen LogP contribution in [0.3, 0.4) is 0 Å². The van der Waals surface area contributed by atoms with Crippen LogP contribution >= 0.6 is 0 Å². The van der Waals surface area contributed by atoms with Crippen LogP contribution in [0.1, 0.15) is 39.3 Å². The second kappa shape index (κ2) is 6.18. The van der Waals surface area contributed by atoms with Gasteiger partial charge < -0.3 is 10.4 Å². The normalized spacial score (nSPS) is 14.0. The Kier molecular flexibility index (Phi) is 5.16. The molecule has 0 saturated carbocycles. The minimum atomic E-state index is -0.0675. The molecule has 2 heteroatoms. The molecule has 1 aromatic rings. The molecule has 2 N–H and O–H groups in total. The van der Waals surface area contributed by atoms with Crippen molar-refractivity contribution in [3.05, 3.63) is 35.9 Å². The van der Waals surface area contributed by atoms with Gasteiger partial charge in [0.15, 0.2) is 0 Å². The lowest BCUT2D eigenvalue weighted by atomic mass is 9.91. The zero-order chi connectivity index (χ0) is 12.9. The quantitative estimate of drug-likeness (QED) is 0.794. The third-order valence-electron chi connectivity index (χ3n) is 3.05. The van der Waals surface area contributed by atoms with Crippen molar-refractivity contribution in [1.29, 1.82) is 0 Å². The Bertz CT molecular complexity index is 319. The number of aliphatic hydroxyl groups is 1. The molecule has 0 radical (unpaired) electrons. The van der Waals surface area contributed by atoms with E-state index in [-0.39, 0.29) is 12.0 Å². The van der Waals surface area contributed by atoms with E-state index in [0.29, 0.717) is 12.0 Å². The molecule has 0 spiro atoms. The van der Waals surface area contributed by atoms with Gasteiger partial charge in [0.1, 0.15) is 0 Å². The fourth-order valence-electron chi connectivity index (χ4n) is 1.84. The second-order valence-corrected chi connectivity index (χ2v) is 5.84. The van der Waals surface area contributed by atoms with Gasteiger partial charge in [-0.1, -0.05) is 58.0 Å². The van der Waals surface area contributed by atoms with Crippen molar-refractivity contribution in [1.82, 2.24) is 5.32 Å². The molecular formula is C15H25NO. The first-order chi connectivity index (χ1) is 7.96. The minimum Gasteiger partial charge on any atom is -0.396 e. The Morgan fingerprint density at radius 2 is 1.76 bits per heavy atom. The summed E-state index contributed by atoms with van der Waals surface area (Å²) in [5, 5.41) is 12.8. The van der Waals surface area contributed by atoms with Crippen molar-refractivity contribution < 1.29 is 5.11 Å². The van der Waals surface area contributed by atoms with Gasteiger partial charge >= 0.3 is 0 Å². The first-order valence-electron chi connectivity index (χ1n) is 6.35. The molecule has 0 aliphatic rings. The molecule has 1 rings (SSSR count). The van der Waals surface area contributed by atoms with Gasteiger partial charge in [0.05, 0.1) is 0 Å². The molecule has 1 unspecified atom stereocenters. The molecule has 0 heterocycles. The van der Waals surface area contributed by atoms with E-state index >= 15 is 0 Å². The van der Waals surface area contributed by atoms with Crippen LogP contribution < -0.4 is 5.32 Å². The average Bonchev–Trinajstić information content (AvgIpc) is 2.30. The van der Waals surface area contributed by atoms with Gasteiger partial charge in [-0.3, -0.25) is 0 Å². The molecule has 0 aliphatic heterocycles. The smallest absolute Gasteiger partial charge is 0.0494 e. The SMILES string of the molecule is CC(C)C(NCC(C)(C)CO)c1ccccc1. The van der Waals surface area contributed by atoms with Crippen molar-refractivity contribution >= 4 is 0 Å². The Morgan fingerprint density at radius 1 is 1.18 bits per heavy atom. The van der Waals surface area contributed by atoms with Crippen LogP contribution in [0, 0.1) is 11.3 Å². The van der Waals surface area contributed by atoms with E-state index in [2.05, 4.69) is 57.3 Å². The zero-order valence-corrected chi connectivity index (χ0v) is 11.4. The molecule has 1 aromatic carbocycles. The lowest BCUT2D eigenvalue weighted by Gasteiger charge is -2.29. The summed E-state index contributed by atoms with van der Waals surface area (Å²) in [4.78, 5) is 0. The highest BCUT2D eigenvalue weighted by Crippen LogP contribution is 2.23. The van der Waals surface area contributed by atoms with Crippen LogP contribution in [0.5, 0.6) is 0 Å². The number of hydrogen-bond acceptors (Lipinski definition) is 2. The van der Waals surface area contributed by atoms with Crippen molar-refractivity contribution in [2.45, 2.75) is 33.7 Å².